The van der Waals surface area contributed by atoms with Crippen LogP contribution in [0.4, 0.5) is 5.69 Å². The zero-order valence-electron chi connectivity index (χ0n) is 17.8. The van der Waals surface area contributed by atoms with Crippen molar-refractivity contribution in [2.75, 3.05) is 38.7 Å². The lowest BCUT2D eigenvalue weighted by Gasteiger charge is -2.27. The summed E-state index contributed by atoms with van der Waals surface area (Å²) in [6, 6.07) is 11.9. The van der Waals surface area contributed by atoms with Crippen LogP contribution in [0.1, 0.15) is 17.7 Å². The summed E-state index contributed by atoms with van der Waals surface area (Å²) in [4.78, 5) is 17.7. The third-order valence-corrected chi connectivity index (χ3v) is 7.15. The number of rotatable bonds is 8. The van der Waals surface area contributed by atoms with Crippen molar-refractivity contribution in [3.05, 3.63) is 53.1 Å². The standard InChI is InChI=1S/C21H24Cl2N2O6S/c1-4-24(2)11-12-25-17-10-7-15(22)13-18(17)32-20(14-5-8-16(30-3)9-6-14)19(21(25)26)31-23(27,28)29/h5-10,13,19-20H,4,11-12H2,1-3H3/t19-,20+/m0/s1. The van der Waals surface area contributed by atoms with Gasteiger partial charge in [-0.2, -0.15) is 14.0 Å². The molecule has 32 heavy (non-hydrogen) atoms. The molecule has 2 atom stereocenters. The molecule has 1 heterocycles. The largest absolute Gasteiger partial charge is 0.497 e. The Morgan fingerprint density at radius 2 is 1.88 bits per heavy atom. The van der Waals surface area contributed by atoms with Gasteiger partial charge >= 0.3 is 6.10 Å². The smallest absolute Gasteiger partial charge is 0.307 e. The maximum Gasteiger partial charge on any atom is 0.307 e. The number of carbonyl (C=O) groups is 1. The van der Waals surface area contributed by atoms with Gasteiger partial charge in [-0.25, -0.2) is 0 Å². The van der Waals surface area contributed by atoms with Crippen LogP contribution in [0.3, 0.4) is 0 Å². The SMILES string of the molecule is CCN(C)CCN1C(=O)[C@@H](O[Cl+3]([O-])([O-])[O-])[C@@H](c2ccc(OC)cc2)Sc2cc(Cl)ccc21. The molecule has 174 valence electrons. The number of thioether (sulfide) groups is 1. The van der Waals surface area contributed by atoms with E-state index in [4.69, 9.17) is 20.6 Å². The van der Waals surface area contributed by atoms with Crippen molar-refractivity contribution < 1.29 is 38.0 Å². The monoisotopic (exact) mass is 502 g/mol. The first kappa shape index (κ1) is 25.1. The van der Waals surface area contributed by atoms with Crippen molar-refractivity contribution in [2.45, 2.75) is 23.2 Å². The number of halogens is 2. The van der Waals surface area contributed by atoms with Crippen LogP contribution in [0, 0.1) is 10.2 Å². The zero-order chi connectivity index (χ0) is 23.5. The van der Waals surface area contributed by atoms with E-state index in [2.05, 4.69) is 0 Å². The third-order valence-electron chi connectivity index (χ3n) is 5.15. The minimum Gasteiger partial charge on any atom is -0.497 e. The number of amides is 1. The second kappa shape index (κ2) is 10.6. The fourth-order valence-corrected chi connectivity index (χ4v) is 5.37. The lowest BCUT2D eigenvalue weighted by atomic mass is 10.1. The second-order valence-electron chi connectivity index (χ2n) is 7.20. The van der Waals surface area contributed by atoms with Gasteiger partial charge in [-0.15, -0.1) is 11.8 Å². The summed E-state index contributed by atoms with van der Waals surface area (Å²) in [5, 5.41) is -0.340. The Balaban J connectivity index is 2.09. The highest BCUT2D eigenvalue weighted by atomic mass is 35.7. The molecule has 0 saturated heterocycles. The van der Waals surface area contributed by atoms with Gasteiger partial charge in [-0.3, -0.25) is 4.79 Å². The number of hydrogen-bond acceptors (Lipinski definition) is 8. The number of carbonyl (C=O) groups excluding carboxylic acids is 1. The fourth-order valence-electron chi connectivity index (χ4n) is 3.30. The van der Waals surface area contributed by atoms with Crippen molar-refractivity contribution in [3.8, 4) is 5.75 Å². The zero-order valence-corrected chi connectivity index (χ0v) is 20.2. The normalized spacial score (nSPS) is 19.1. The highest BCUT2D eigenvalue weighted by Crippen LogP contribution is 2.48. The van der Waals surface area contributed by atoms with Gasteiger partial charge in [0.2, 0.25) is 0 Å². The molecule has 2 aromatic carbocycles. The van der Waals surface area contributed by atoms with Crippen molar-refractivity contribution in [1.29, 1.82) is 0 Å². The molecule has 0 N–H and O–H groups in total. The molecule has 0 spiro atoms. The average Bonchev–Trinajstić information content (AvgIpc) is 2.86. The van der Waals surface area contributed by atoms with Crippen LogP contribution in [-0.4, -0.2) is 50.7 Å². The molecule has 0 radical (unpaired) electrons. The number of nitrogens with zero attached hydrogens (tertiary/aromatic N) is 2. The molecule has 0 saturated carbocycles. The van der Waals surface area contributed by atoms with Crippen molar-refractivity contribution in [1.82, 2.24) is 4.90 Å². The molecule has 8 nitrogen and oxygen atoms in total. The van der Waals surface area contributed by atoms with Gasteiger partial charge in [0, 0.05) is 23.0 Å². The lowest BCUT2D eigenvalue weighted by Crippen LogP contribution is -2.64. The molecule has 1 aliphatic rings. The minimum absolute atomic E-state index is 0.281. The lowest BCUT2D eigenvalue weighted by molar-refractivity contribution is -1.92. The third kappa shape index (κ3) is 6.06. The van der Waals surface area contributed by atoms with Gasteiger partial charge in [0.25, 0.3) is 5.91 Å². The van der Waals surface area contributed by atoms with E-state index in [1.54, 1.807) is 42.5 Å². The maximum atomic E-state index is 13.6. The number of likely N-dealkylation sites (N-methyl/N-ethyl adjacent to an activating group) is 1. The molecule has 2 aromatic rings. The number of anilines is 1. The van der Waals surface area contributed by atoms with Crippen LogP contribution in [-0.2, 0) is 9.08 Å². The van der Waals surface area contributed by atoms with Crippen LogP contribution >= 0.6 is 23.4 Å². The van der Waals surface area contributed by atoms with Gasteiger partial charge in [0.05, 0.1) is 32.6 Å². The highest BCUT2D eigenvalue weighted by molar-refractivity contribution is 7.99. The maximum absolute atomic E-state index is 13.6. The molecule has 0 aliphatic carbocycles. The molecular weight excluding hydrogens is 479 g/mol. The van der Waals surface area contributed by atoms with Crippen LogP contribution in [0.5, 0.6) is 5.75 Å². The highest BCUT2D eigenvalue weighted by Gasteiger charge is 2.48. The van der Waals surface area contributed by atoms with Gasteiger partial charge in [-0.05, 0) is 49.5 Å². The molecule has 0 fully saturated rings. The van der Waals surface area contributed by atoms with E-state index in [-0.39, 0.29) is 6.54 Å². The van der Waals surface area contributed by atoms with E-state index >= 15 is 0 Å². The molecule has 1 amide bonds. The Hall–Kier alpha value is -1.56. The Bertz CT molecular complexity index is 941. The van der Waals surface area contributed by atoms with E-state index in [9.17, 15) is 18.8 Å². The average molecular weight is 503 g/mol. The Morgan fingerprint density at radius 3 is 2.47 bits per heavy atom. The number of benzene rings is 2. The Labute approximate surface area is 198 Å². The van der Waals surface area contributed by atoms with E-state index in [0.717, 1.165) is 6.54 Å². The molecule has 0 bridgehead atoms. The van der Waals surface area contributed by atoms with Crippen LogP contribution in [0.25, 0.3) is 0 Å². The van der Waals surface area contributed by atoms with Crippen molar-refractivity contribution in [2.24, 2.45) is 0 Å². The minimum atomic E-state index is -4.85. The molecular formula is C21H24Cl2N2O6S. The summed E-state index contributed by atoms with van der Waals surface area (Å²) in [5.41, 5.74) is 1.19. The molecule has 1 aliphatic heterocycles. The van der Waals surface area contributed by atoms with Crippen molar-refractivity contribution >= 4 is 35.0 Å². The first-order valence-electron chi connectivity index (χ1n) is 9.82. The van der Waals surface area contributed by atoms with Gasteiger partial charge < -0.3 is 14.5 Å². The quantitative estimate of drug-likeness (QED) is 0.520. The second-order valence-corrected chi connectivity index (χ2v) is 9.75. The van der Waals surface area contributed by atoms with Gasteiger partial charge in [0.1, 0.15) is 5.75 Å². The Kier molecular flexibility index (Phi) is 8.29. The summed E-state index contributed by atoms with van der Waals surface area (Å²) in [7, 11) is -1.41. The van der Waals surface area contributed by atoms with Crippen LogP contribution < -0.4 is 23.6 Å². The van der Waals surface area contributed by atoms with Crippen molar-refractivity contribution in [3.63, 3.8) is 0 Å². The molecule has 3 rings (SSSR count). The van der Waals surface area contributed by atoms with E-state index in [1.165, 1.54) is 23.8 Å². The summed E-state index contributed by atoms with van der Waals surface area (Å²) >= 11 is 7.44. The Morgan fingerprint density at radius 1 is 1.19 bits per heavy atom. The summed E-state index contributed by atoms with van der Waals surface area (Å²) in [6.45, 7) is 3.58. The predicted octanol–water partition coefficient (Wildman–Crippen LogP) is 0.763. The summed E-state index contributed by atoms with van der Waals surface area (Å²) in [6.07, 6.45) is -1.56. The summed E-state index contributed by atoms with van der Waals surface area (Å²) in [5.74, 6) is -0.0192. The number of ether oxygens (including phenoxy) is 1. The first-order chi connectivity index (χ1) is 15.1. The predicted molar refractivity (Wildman–Crippen MR) is 113 cm³/mol. The number of hydrogen-bond donors (Lipinski definition) is 0. The van der Waals surface area contributed by atoms with Crippen LogP contribution in [0.15, 0.2) is 47.4 Å². The number of methoxy groups -OCH3 is 1. The van der Waals surface area contributed by atoms with E-state index < -0.39 is 27.5 Å². The number of fused-ring (bicyclic) bond motifs is 1. The van der Waals surface area contributed by atoms with Crippen LogP contribution in [0.2, 0.25) is 5.02 Å². The topological polar surface area (TPSA) is 111 Å². The van der Waals surface area contributed by atoms with Gasteiger partial charge in [0.15, 0.2) is 0 Å². The molecule has 11 heteroatoms. The fraction of sp³-hybridized carbons (Fsp3) is 0.381. The summed E-state index contributed by atoms with van der Waals surface area (Å²) < 4.78 is 44.6. The van der Waals surface area contributed by atoms with E-state index in [1.807, 2.05) is 18.9 Å². The van der Waals surface area contributed by atoms with Gasteiger partial charge in [-0.1, -0.05) is 30.7 Å². The molecule has 0 aromatic heterocycles. The molecule has 0 unspecified atom stereocenters. The first-order valence-corrected chi connectivity index (χ1v) is 12.3. The van der Waals surface area contributed by atoms with E-state index in [0.29, 0.717) is 33.5 Å².